The van der Waals surface area contributed by atoms with Crippen molar-refractivity contribution in [2.75, 3.05) is 6.54 Å². The molecule has 1 saturated heterocycles. The number of hydrogen-bond acceptors (Lipinski definition) is 2. The molecular weight excluding hydrogens is 199 g/mol. The molecule has 0 saturated carbocycles. The summed E-state index contributed by atoms with van der Waals surface area (Å²) in [6.45, 7) is 1.64. The first-order valence-corrected chi connectivity index (χ1v) is 3.98. The van der Waals surface area contributed by atoms with E-state index in [-0.39, 0.29) is 12.6 Å². The molecule has 0 aromatic carbocycles. The quantitative estimate of drug-likeness (QED) is 0.479. The lowest BCUT2D eigenvalue weighted by Crippen LogP contribution is -2.28. The Morgan fingerprint density at radius 3 is 2.36 bits per heavy atom. The molecule has 2 amide bonds. The molecule has 78 valence electrons. The van der Waals surface area contributed by atoms with Crippen LogP contribution in [0.5, 0.6) is 0 Å². The highest BCUT2D eigenvalue weighted by molar-refractivity contribution is 6.13. The van der Waals surface area contributed by atoms with Crippen LogP contribution in [0.1, 0.15) is 13.3 Å². The second-order valence-corrected chi connectivity index (χ2v) is 2.83. The summed E-state index contributed by atoms with van der Waals surface area (Å²) in [6, 6.07) is 0. The van der Waals surface area contributed by atoms with E-state index in [1.54, 1.807) is 0 Å². The van der Waals surface area contributed by atoms with Crippen LogP contribution in [0.3, 0.4) is 0 Å². The number of carbonyl (C=O) groups excluding carboxylic acids is 2. The Hall–Kier alpha value is -1.33. The number of halogens is 3. The zero-order valence-corrected chi connectivity index (χ0v) is 7.39. The van der Waals surface area contributed by atoms with Crippen LogP contribution in [0.15, 0.2) is 11.6 Å². The van der Waals surface area contributed by atoms with Crippen molar-refractivity contribution in [3.63, 3.8) is 0 Å². The first-order chi connectivity index (χ1) is 6.35. The van der Waals surface area contributed by atoms with E-state index in [1.165, 1.54) is 6.92 Å². The number of likely N-dealkylation sites (tertiary alicyclic amines) is 1. The first-order valence-electron chi connectivity index (χ1n) is 3.98. The van der Waals surface area contributed by atoms with Crippen LogP contribution in [0.2, 0.25) is 0 Å². The van der Waals surface area contributed by atoms with Crippen LogP contribution >= 0.6 is 0 Å². The lowest BCUT2D eigenvalue weighted by atomic mass is 10.2. The maximum Gasteiger partial charge on any atom is 0.410 e. The van der Waals surface area contributed by atoms with Gasteiger partial charge in [-0.15, -0.1) is 0 Å². The van der Waals surface area contributed by atoms with Crippen LogP contribution in [-0.4, -0.2) is 29.4 Å². The number of rotatable bonds is 1. The van der Waals surface area contributed by atoms with E-state index in [2.05, 4.69) is 0 Å². The fourth-order valence-corrected chi connectivity index (χ4v) is 1.25. The number of hydrogen-bond donors (Lipinski definition) is 0. The summed E-state index contributed by atoms with van der Waals surface area (Å²) < 4.78 is 35.6. The zero-order chi connectivity index (χ0) is 10.9. The standard InChI is InChI=1S/C8H8F3NO2/c1-2-12-6(13)3-5(7(12)14)4-8(9,10)11/h4H,2-3H2,1H3/b5-4-. The fourth-order valence-electron chi connectivity index (χ4n) is 1.25. The van der Waals surface area contributed by atoms with Crippen molar-refractivity contribution >= 4 is 11.8 Å². The van der Waals surface area contributed by atoms with Gasteiger partial charge in [0.05, 0.1) is 6.42 Å². The Morgan fingerprint density at radius 1 is 1.43 bits per heavy atom. The van der Waals surface area contributed by atoms with Gasteiger partial charge in [0.2, 0.25) is 5.91 Å². The van der Waals surface area contributed by atoms with Gasteiger partial charge >= 0.3 is 6.18 Å². The smallest absolute Gasteiger partial charge is 0.279 e. The lowest BCUT2D eigenvalue weighted by molar-refractivity contribution is -0.137. The highest BCUT2D eigenvalue weighted by atomic mass is 19.4. The molecule has 0 aliphatic carbocycles. The molecular formula is C8H8F3NO2. The second kappa shape index (κ2) is 3.43. The predicted molar refractivity (Wildman–Crippen MR) is 41.1 cm³/mol. The highest BCUT2D eigenvalue weighted by Gasteiger charge is 2.36. The third-order valence-electron chi connectivity index (χ3n) is 1.82. The maximum absolute atomic E-state index is 11.9. The Kier molecular flexibility index (Phi) is 2.64. The molecule has 0 aromatic heterocycles. The summed E-state index contributed by atoms with van der Waals surface area (Å²) in [5.41, 5.74) is -0.482. The molecule has 3 nitrogen and oxygen atoms in total. The molecule has 0 radical (unpaired) electrons. The van der Waals surface area contributed by atoms with E-state index in [4.69, 9.17) is 0 Å². The third-order valence-corrected chi connectivity index (χ3v) is 1.82. The van der Waals surface area contributed by atoms with Crippen molar-refractivity contribution < 1.29 is 22.8 Å². The van der Waals surface area contributed by atoms with Gasteiger partial charge in [-0.1, -0.05) is 0 Å². The summed E-state index contributed by atoms with van der Waals surface area (Å²) in [6.07, 6.45) is -5.11. The van der Waals surface area contributed by atoms with E-state index >= 15 is 0 Å². The molecule has 1 rings (SSSR count). The summed E-state index contributed by atoms with van der Waals surface area (Å²) in [5.74, 6) is -1.41. The Bertz CT molecular complexity index is 306. The van der Waals surface area contributed by atoms with Gasteiger partial charge in [0.25, 0.3) is 5.91 Å². The van der Waals surface area contributed by atoms with E-state index in [9.17, 15) is 22.8 Å². The van der Waals surface area contributed by atoms with Gasteiger partial charge in [-0.25, -0.2) is 0 Å². The minimum atomic E-state index is -4.55. The van der Waals surface area contributed by atoms with Gasteiger partial charge in [-0.3, -0.25) is 14.5 Å². The Morgan fingerprint density at radius 2 is 2.00 bits per heavy atom. The molecule has 0 spiro atoms. The second-order valence-electron chi connectivity index (χ2n) is 2.83. The van der Waals surface area contributed by atoms with Gasteiger partial charge in [0.1, 0.15) is 0 Å². The van der Waals surface area contributed by atoms with Crippen molar-refractivity contribution in [1.29, 1.82) is 0 Å². The Balaban J connectivity index is 2.92. The van der Waals surface area contributed by atoms with Crippen LogP contribution in [-0.2, 0) is 9.59 Å². The van der Waals surface area contributed by atoms with Crippen LogP contribution in [0, 0.1) is 0 Å². The molecule has 1 aliphatic heterocycles. The number of nitrogens with zero attached hydrogens (tertiary/aromatic N) is 1. The molecule has 0 N–H and O–H groups in total. The predicted octanol–water partition coefficient (Wildman–Crippen LogP) is 1.25. The Labute approximate surface area is 78.2 Å². The van der Waals surface area contributed by atoms with Crippen molar-refractivity contribution in [3.05, 3.63) is 11.6 Å². The van der Waals surface area contributed by atoms with Gasteiger partial charge in [0.15, 0.2) is 0 Å². The van der Waals surface area contributed by atoms with E-state index in [1.807, 2.05) is 0 Å². The molecule has 0 aromatic rings. The number of likely N-dealkylation sites (N-methyl/N-ethyl adjacent to an activating group) is 1. The molecule has 1 heterocycles. The van der Waals surface area contributed by atoms with Crippen molar-refractivity contribution in [1.82, 2.24) is 4.90 Å². The number of carbonyl (C=O) groups is 2. The molecule has 6 heteroatoms. The van der Waals surface area contributed by atoms with E-state index < -0.39 is 30.0 Å². The monoisotopic (exact) mass is 207 g/mol. The van der Waals surface area contributed by atoms with Gasteiger partial charge in [-0.2, -0.15) is 13.2 Å². The van der Waals surface area contributed by atoms with Crippen molar-refractivity contribution in [2.24, 2.45) is 0 Å². The number of allylic oxidation sites excluding steroid dienone is 1. The average molecular weight is 207 g/mol. The summed E-state index contributed by atoms with van der Waals surface area (Å²) in [7, 11) is 0. The molecule has 0 atom stereocenters. The lowest BCUT2D eigenvalue weighted by Gasteiger charge is -2.08. The molecule has 1 aliphatic rings. The SMILES string of the molecule is CCN1C(=O)C/C(=C/C(F)(F)F)C1=O. The van der Waals surface area contributed by atoms with Crippen molar-refractivity contribution in [3.8, 4) is 0 Å². The van der Waals surface area contributed by atoms with E-state index in [0.29, 0.717) is 0 Å². The van der Waals surface area contributed by atoms with Crippen molar-refractivity contribution in [2.45, 2.75) is 19.5 Å². The molecule has 1 fully saturated rings. The van der Waals surface area contributed by atoms with Crippen LogP contribution in [0.25, 0.3) is 0 Å². The van der Waals surface area contributed by atoms with Gasteiger partial charge < -0.3 is 0 Å². The topological polar surface area (TPSA) is 37.4 Å². The molecule has 0 unspecified atom stereocenters. The van der Waals surface area contributed by atoms with Gasteiger partial charge in [-0.05, 0) is 6.92 Å². The van der Waals surface area contributed by atoms with Gasteiger partial charge in [0, 0.05) is 18.2 Å². The number of imide groups is 1. The largest absolute Gasteiger partial charge is 0.410 e. The average Bonchev–Trinajstić information content (AvgIpc) is 2.24. The zero-order valence-electron chi connectivity index (χ0n) is 7.39. The minimum Gasteiger partial charge on any atom is -0.279 e. The number of amides is 2. The fraction of sp³-hybridized carbons (Fsp3) is 0.500. The molecule has 0 bridgehead atoms. The first kappa shape index (κ1) is 10.7. The third kappa shape index (κ3) is 2.12. The summed E-state index contributed by atoms with van der Waals surface area (Å²) >= 11 is 0. The normalized spacial score (nSPS) is 21.1. The summed E-state index contributed by atoms with van der Waals surface area (Å²) in [5, 5.41) is 0. The van der Waals surface area contributed by atoms with E-state index in [0.717, 1.165) is 4.90 Å². The molecule has 14 heavy (non-hydrogen) atoms. The number of alkyl halides is 3. The van der Waals surface area contributed by atoms with Crippen LogP contribution in [0.4, 0.5) is 13.2 Å². The van der Waals surface area contributed by atoms with Crippen LogP contribution < -0.4 is 0 Å². The highest BCUT2D eigenvalue weighted by Crippen LogP contribution is 2.25. The summed E-state index contributed by atoms with van der Waals surface area (Å²) in [4.78, 5) is 23.0. The minimum absolute atomic E-state index is 0.104. The maximum atomic E-state index is 11.9.